The summed E-state index contributed by atoms with van der Waals surface area (Å²) in [6.45, 7) is 0.777. The first-order valence-electron chi connectivity index (χ1n) is 6.83. The van der Waals surface area contributed by atoms with Gasteiger partial charge in [-0.25, -0.2) is 15.0 Å². The highest BCUT2D eigenvalue weighted by atomic mass is 15.2. The highest BCUT2D eigenvalue weighted by molar-refractivity contribution is 5.82. The molecule has 0 atom stereocenters. The maximum Gasteiger partial charge on any atom is 0.165 e. The molecule has 0 spiro atoms. The van der Waals surface area contributed by atoms with Gasteiger partial charge in [-0.15, -0.1) is 0 Å². The molecule has 0 bridgehead atoms. The number of imidazole rings is 1. The van der Waals surface area contributed by atoms with Crippen molar-refractivity contribution in [2.24, 2.45) is 0 Å². The first-order valence-corrected chi connectivity index (χ1v) is 6.83. The lowest BCUT2D eigenvalue weighted by Crippen LogP contribution is -2.05. The van der Waals surface area contributed by atoms with Gasteiger partial charge in [-0.05, 0) is 18.4 Å². The summed E-state index contributed by atoms with van der Waals surface area (Å²) in [7, 11) is 0. The lowest BCUT2D eigenvalue weighted by atomic mass is 10.2. The molecule has 100 valence electrons. The number of nitrogens with zero attached hydrogens (tertiary/aromatic N) is 4. The Balaban J connectivity index is 1.88. The predicted molar refractivity (Wildman–Crippen MR) is 77.3 cm³/mol. The van der Waals surface area contributed by atoms with Crippen molar-refractivity contribution in [1.29, 1.82) is 0 Å². The number of fused-ring (bicyclic) bond motifs is 1. The van der Waals surface area contributed by atoms with Gasteiger partial charge in [-0.3, -0.25) is 0 Å². The number of aromatic nitrogens is 4. The summed E-state index contributed by atoms with van der Waals surface area (Å²) in [6, 6.07) is 10.4. The van der Waals surface area contributed by atoms with E-state index >= 15 is 0 Å². The monoisotopic (exact) mass is 265 g/mol. The van der Waals surface area contributed by atoms with E-state index in [1.54, 1.807) is 0 Å². The second-order valence-corrected chi connectivity index (χ2v) is 5.25. The predicted octanol–water partition coefficient (Wildman–Crippen LogP) is 2.33. The van der Waals surface area contributed by atoms with Crippen LogP contribution in [0.4, 0.5) is 5.82 Å². The first kappa shape index (κ1) is 11.4. The molecule has 5 nitrogen and oxygen atoms in total. The summed E-state index contributed by atoms with van der Waals surface area (Å²) < 4.78 is 2.18. The van der Waals surface area contributed by atoms with Crippen molar-refractivity contribution in [2.75, 3.05) is 5.73 Å². The van der Waals surface area contributed by atoms with Crippen molar-refractivity contribution in [2.45, 2.75) is 25.3 Å². The minimum atomic E-state index is 0.462. The van der Waals surface area contributed by atoms with Gasteiger partial charge in [-0.1, -0.05) is 30.3 Å². The molecule has 20 heavy (non-hydrogen) atoms. The lowest BCUT2D eigenvalue weighted by molar-refractivity contribution is 0.740. The maximum absolute atomic E-state index is 5.93. The van der Waals surface area contributed by atoms with E-state index in [0.717, 1.165) is 23.5 Å². The third-order valence-electron chi connectivity index (χ3n) is 3.72. The normalized spacial score (nSPS) is 14.8. The van der Waals surface area contributed by atoms with Crippen molar-refractivity contribution in [3.8, 4) is 0 Å². The number of nitrogen functional groups attached to an aromatic ring is 1. The van der Waals surface area contributed by atoms with Crippen LogP contribution < -0.4 is 5.73 Å². The number of benzene rings is 1. The van der Waals surface area contributed by atoms with Crippen LogP contribution in [0.3, 0.4) is 0 Å². The minimum absolute atomic E-state index is 0.462. The third-order valence-corrected chi connectivity index (χ3v) is 3.72. The molecule has 5 heteroatoms. The maximum atomic E-state index is 5.93. The summed E-state index contributed by atoms with van der Waals surface area (Å²) in [5.74, 6) is 2.10. The van der Waals surface area contributed by atoms with Gasteiger partial charge in [0, 0.05) is 5.92 Å². The summed E-state index contributed by atoms with van der Waals surface area (Å²) >= 11 is 0. The van der Waals surface area contributed by atoms with Crippen LogP contribution in [0, 0.1) is 0 Å². The minimum Gasteiger partial charge on any atom is -0.382 e. The molecule has 0 aliphatic heterocycles. The zero-order chi connectivity index (χ0) is 13.5. The molecule has 2 N–H and O–H groups in total. The van der Waals surface area contributed by atoms with Gasteiger partial charge in [0.15, 0.2) is 17.0 Å². The molecule has 4 rings (SSSR count). The van der Waals surface area contributed by atoms with Crippen molar-refractivity contribution >= 4 is 17.0 Å². The van der Waals surface area contributed by atoms with Crippen LogP contribution in [0.15, 0.2) is 36.7 Å². The van der Waals surface area contributed by atoms with E-state index in [1.807, 2.05) is 6.07 Å². The number of hydrogen-bond donors (Lipinski definition) is 1. The molecule has 0 radical (unpaired) electrons. The van der Waals surface area contributed by atoms with Crippen LogP contribution in [0.25, 0.3) is 11.2 Å². The molecule has 0 saturated heterocycles. The van der Waals surface area contributed by atoms with Gasteiger partial charge in [-0.2, -0.15) is 0 Å². The van der Waals surface area contributed by atoms with Crippen LogP contribution in [0.5, 0.6) is 0 Å². The molecule has 0 amide bonds. The van der Waals surface area contributed by atoms with Crippen molar-refractivity contribution in [3.63, 3.8) is 0 Å². The van der Waals surface area contributed by atoms with Crippen molar-refractivity contribution < 1.29 is 0 Å². The number of rotatable bonds is 3. The fourth-order valence-electron chi connectivity index (χ4n) is 2.55. The zero-order valence-electron chi connectivity index (χ0n) is 11.0. The number of nitrogens with two attached hydrogens (primary N) is 1. The molecule has 2 aromatic heterocycles. The molecule has 1 aliphatic carbocycles. The van der Waals surface area contributed by atoms with E-state index in [0.29, 0.717) is 11.7 Å². The fraction of sp³-hybridized carbons (Fsp3) is 0.267. The Morgan fingerprint density at radius 3 is 2.70 bits per heavy atom. The Labute approximate surface area is 116 Å². The van der Waals surface area contributed by atoms with Crippen LogP contribution in [0.2, 0.25) is 0 Å². The molecule has 1 fully saturated rings. The van der Waals surface area contributed by atoms with Gasteiger partial charge < -0.3 is 10.3 Å². The molecule has 1 saturated carbocycles. The van der Waals surface area contributed by atoms with E-state index in [4.69, 9.17) is 5.73 Å². The topological polar surface area (TPSA) is 69.6 Å². The Hall–Kier alpha value is -2.43. The fourth-order valence-corrected chi connectivity index (χ4v) is 2.55. The average Bonchev–Trinajstić information content (AvgIpc) is 3.25. The quantitative estimate of drug-likeness (QED) is 0.789. The van der Waals surface area contributed by atoms with Gasteiger partial charge >= 0.3 is 0 Å². The highest BCUT2D eigenvalue weighted by Gasteiger charge is 2.30. The second kappa shape index (κ2) is 4.30. The van der Waals surface area contributed by atoms with Gasteiger partial charge in [0.25, 0.3) is 0 Å². The standard InChI is InChI=1S/C15H15N5/c16-13-12-15(18-9-17-13)20(14(19-12)11-6-7-11)8-10-4-2-1-3-5-10/h1-5,9,11H,6-8H2,(H2,16,17,18). The zero-order valence-corrected chi connectivity index (χ0v) is 11.0. The van der Waals surface area contributed by atoms with Gasteiger partial charge in [0.2, 0.25) is 0 Å². The number of anilines is 1. The average molecular weight is 265 g/mol. The Morgan fingerprint density at radius 1 is 1.15 bits per heavy atom. The SMILES string of the molecule is Nc1ncnc2c1nc(C1CC1)n2Cc1ccccc1. The molecule has 1 aromatic carbocycles. The van der Waals surface area contributed by atoms with Crippen molar-refractivity contribution in [1.82, 2.24) is 19.5 Å². The summed E-state index contributed by atoms with van der Waals surface area (Å²) in [6.07, 6.45) is 3.91. The smallest absolute Gasteiger partial charge is 0.165 e. The van der Waals surface area contributed by atoms with Gasteiger partial charge in [0.05, 0.1) is 6.54 Å². The van der Waals surface area contributed by atoms with Crippen LogP contribution >= 0.6 is 0 Å². The third kappa shape index (κ3) is 1.82. The van der Waals surface area contributed by atoms with Crippen LogP contribution in [-0.2, 0) is 6.54 Å². The lowest BCUT2D eigenvalue weighted by Gasteiger charge is -2.08. The Kier molecular flexibility index (Phi) is 2.45. The van der Waals surface area contributed by atoms with E-state index in [-0.39, 0.29) is 0 Å². The first-order chi connectivity index (χ1) is 9.83. The van der Waals surface area contributed by atoms with Crippen LogP contribution in [0.1, 0.15) is 30.1 Å². The van der Waals surface area contributed by atoms with E-state index in [1.165, 1.54) is 24.7 Å². The summed E-state index contributed by atoms with van der Waals surface area (Å²) in [5.41, 5.74) is 8.73. The molecule has 3 aromatic rings. The summed E-state index contributed by atoms with van der Waals surface area (Å²) in [5, 5.41) is 0. The molecule has 0 unspecified atom stereocenters. The number of hydrogen-bond acceptors (Lipinski definition) is 4. The Morgan fingerprint density at radius 2 is 1.95 bits per heavy atom. The molecular formula is C15H15N5. The largest absolute Gasteiger partial charge is 0.382 e. The van der Waals surface area contributed by atoms with E-state index in [9.17, 15) is 0 Å². The molecular weight excluding hydrogens is 250 g/mol. The molecule has 1 aliphatic rings. The highest BCUT2D eigenvalue weighted by Crippen LogP contribution is 2.41. The second-order valence-electron chi connectivity index (χ2n) is 5.25. The van der Waals surface area contributed by atoms with Gasteiger partial charge in [0.1, 0.15) is 12.2 Å². The van der Waals surface area contributed by atoms with E-state index in [2.05, 4.69) is 43.8 Å². The van der Waals surface area contributed by atoms with Crippen molar-refractivity contribution in [3.05, 3.63) is 48.0 Å². The van der Waals surface area contributed by atoms with Crippen LogP contribution in [-0.4, -0.2) is 19.5 Å². The molecule has 2 heterocycles. The Bertz CT molecular complexity index is 759. The summed E-state index contributed by atoms with van der Waals surface area (Å²) in [4.78, 5) is 13.1. The van der Waals surface area contributed by atoms with E-state index < -0.39 is 0 Å².